The number of ether oxygens (including phenoxy) is 3. The van der Waals surface area contributed by atoms with Crippen LogP contribution in [0.4, 0.5) is 5.69 Å². The van der Waals surface area contributed by atoms with Crippen LogP contribution in [0.5, 0.6) is 17.2 Å². The number of methoxy groups -OCH3 is 1. The summed E-state index contributed by atoms with van der Waals surface area (Å²) in [5.41, 5.74) is 1.05. The van der Waals surface area contributed by atoms with Gasteiger partial charge in [-0.3, -0.25) is 14.4 Å². The molecule has 0 saturated heterocycles. The van der Waals surface area contributed by atoms with E-state index in [1.54, 1.807) is 42.5 Å². The Morgan fingerprint density at radius 2 is 1.73 bits per heavy atom. The standard InChI is InChI=1S/C22H24N2O6/c1-5-29-19-9-7-6-8-17(19)24-22(27)18(23-14(2)25)12-16-10-11-20(30-15(3)26)21(13-16)28-4/h6-13H,5H2,1-4H3,(H,23,25)(H,24,27). The SMILES string of the molecule is CCOc1ccccc1NC(=O)C(=Cc1ccc(OC(C)=O)c(OC)c1)NC(C)=O. The zero-order chi connectivity index (χ0) is 22.1. The van der Waals surface area contributed by atoms with E-state index in [4.69, 9.17) is 14.2 Å². The Bertz CT molecular complexity index is 968. The van der Waals surface area contributed by atoms with Crippen molar-refractivity contribution in [1.82, 2.24) is 5.32 Å². The van der Waals surface area contributed by atoms with Gasteiger partial charge < -0.3 is 24.8 Å². The van der Waals surface area contributed by atoms with Crippen molar-refractivity contribution in [2.75, 3.05) is 19.0 Å². The minimum atomic E-state index is -0.527. The molecular formula is C22H24N2O6. The van der Waals surface area contributed by atoms with Gasteiger partial charge in [-0.05, 0) is 42.8 Å². The van der Waals surface area contributed by atoms with Crippen molar-refractivity contribution in [3.63, 3.8) is 0 Å². The average Bonchev–Trinajstić information content (AvgIpc) is 2.69. The van der Waals surface area contributed by atoms with E-state index in [0.717, 1.165) is 0 Å². The summed E-state index contributed by atoms with van der Waals surface area (Å²) in [6.45, 7) is 4.87. The van der Waals surface area contributed by atoms with Gasteiger partial charge in [0.05, 0.1) is 19.4 Å². The number of hydrogen-bond donors (Lipinski definition) is 2. The van der Waals surface area contributed by atoms with Crippen LogP contribution in [0.15, 0.2) is 48.2 Å². The largest absolute Gasteiger partial charge is 0.493 e. The maximum Gasteiger partial charge on any atom is 0.308 e. The van der Waals surface area contributed by atoms with E-state index >= 15 is 0 Å². The predicted molar refractivity (Wildman–Crippen MR) is 112 cm³/mol. The molecule has 2 rings (SSSR count). The number of para-hydroxylation sites is 2. The van der Waals surface area contributed by atoms with Crippen LogP contribution >= 0.6 is 0 Å². The minimum Gasteiger partial charge on any atom is -0.493 e. The Morgan fingerprint density at radius 1 is 1.00 bits per heavy atom. The van der Waals surface area contributed by atoms with Crippen LogP contribution in [-0.2, 0) is 14.4 Å². The number of amides is 2. The molecule has 0 unspecified atom stereocenters. The van der Waals surface area contributed by atoms with Crippen molar-refractivity contribution < 1.29 is 28.6 Å². The molecule has 0 aliphatic rings. The Morgan fingerprint density at radius 3 is 2.37 bits per heavy atom. The highest BCUT2D eigenvalue weighted by molar-refractivity contribution is 6.09. The summed E-state index contributed by atoms with van der Waals surface area (Å²) in [5, 5.41) is 5.27. The number of nitrogens with one attached hydrogen (secondary N) is 2. The third-order valence-electron chi connectivity index (χ3n) is 3.74. The number of carbonyl (C=O) groups is 3. The van der Waals surface area contributed by atoms with Gasteiger partial charge in [-0.2, -0.15) is 0 Å². The Balaban J connectivity index is 2.35. The fourth-order valence-electron chi connectivity index (χ4n) is 2.57. The fraction of sp³-hybridized carbons (Fsp3) is 0.227. The summed E-state index contributed by atoms with van der Waals surface area (Å²) >= 11 is 0. The van der Waals surface area contributed by atoms with Crippen LogP contribution < -0.4 is 24.8 Å². The predicted octanol–water partition coefficient (Wildman–Crippen LogP) is 3.13. The molecular weight excluding hydrogens is 388 g/mol. The van der Waals surface area contributed by atoms with Gasteiger partial charge in [-0.25, -0.2) is 0 Å². The molecule has 0 atom stereocenters. The highest BCUT2D eigenvalue weighted by Crippen LogP contribution is 2.29. The van der Waals surface area contributed by atoms with Crippen molar-refractivity contribution in [3.05, 3.63) is 53.7 Å². The molecule has 0 spiro atoms. The lowest BCUT2D eigenvalue weighted by Gasteiger charge is -2.14. The molecule has 0 fully saturated rings. The molecule has 0 aromatic heterocycles. The first kappa shape index (κ1) is 22.5. The Kier molecular flexibility index (Phi) is 7.99. The number of benzene rings is 2. The highest BCUT2D eigenvalue weighted by Gasteiger charge is 2.15. The lowest BCUT2D eigenvalue weighted by Crippen LogP contribution is -2.29. The third kappa shape index (κ3) is 6.37. The van der Waals surface area contributed by atoms with E-state index in [9.17, 15) is 14.4 Å². The molecule has 8 heteroatoms. The molecule has 0 heterocycles. The van der Waals surface area contributed by atoms with Gasteiger partial charge in [0.2, 0.25) is 5.91 Å². The van der Waals surface area contributed by atoms with E-state index in [0.29, 0.717) is 29.4 Å². The van der Waals surface area contributed by atoms with Gasteiger partial charge in [-0.1, -0.05) is 18.2 Å². The minimum absolute atomic E-state index is 0.0242. The van der Waals surface area contributed by atoms with Crippen LogP contribution in [0.25, 0.3) is 6.08 Å². The molecule has 0 saturated carbocycles. The van der Waals surface area contributed by atoms with Gasteiger partial charge in [0.1, 0.15) is 11.4 Å². The molecule has 8 nitrogen and oxygen atoms in total. The number of anilines is 1. The lowest BCUT2D eigenvalue weighted by atomic mass is 10.1. The first-order valence-corrected chi connectivity index (χ1v) is 9.23. The van der Waals surface area contributed by atoms with Crippen LogP contribution in [0.1, 0.15) is 26.3 Å². The summed E-state index contributed by atoms with van der Waals surface area (Å²) in [7, 11) is 1.43. The zero-order valence-electron chi connectivity index (χ0n) is 17.3. The van der Waals surface area contributed by atoms with Crippen LogP contribution in [-0.4, -0.2) is 31.5 Å². The first-order valence-electron chi connectivity index (χ1n) is 9.23. The van der Waals surface area contributed by atoms with Crippen molar-refractivity contribution in [1.29, 1.82) is 0 Å². The van der Waals surface area contributed by atoms with Crippen LogP contribution in [0.2, 0.25) is 0 Å². The van der Waals surface area contributed by atoms with E-state index in [1.165, 1.54) is 27.0 Å². The second-order valence-electron chi connectivity index (χ2n) is 6.13. The highest BCUT2D eigenvalue weighted by atomic mass is 16.6. The Labute approximate surface area is 174 Å². The summed E-state index contributed by atoms with van der Waals surface area (Å²) in [5.74, 6) is -0.342. The molecule has 2 aromatic carbocycles. The van der Waals surface area contributed by atoms with Gasteiger partial charge >= 0.3 is 5.97 Å². The molecule has 0 aliphatic heterocycles. The number of carbonyl (C=O) groups excluding carboxylic acids is 3. The van der Waals surface area contributed by atoms with E-state index < -0.39 is 17.8 Å². The third-order valence-corrected chi connectivity index (χ3v) is 3.74. The molecule has 2 aromatic rings. The zero-order valence-corrected chi connectivity index (χ0v) is 17.3. The van der Waals surface area contributed by atoms with Crippen molar-refractivity contribution in [2.45, 2.75) is 20.8 Å². The Hall–Kier alpha value is -3.81. The second kappa shape index (κ2) is 10.7. The summed E-state index contributed by atoms with van der Waals surface area (Å²) < 4.78 is 15.8. The molecule has 0 radical (unpaired) electrons. The topological polar surface area (TPSA) is 103 Å². The maximum absolute atomic E-state index is 12.8. The molecule has 0 bridgehead atoms. The van der Waals surface area contributed by atoms with E-state index in [1.807, 2.05) is 6.92 Å². The van der Waals surface area contributed by atoms with Crippen molar-refractivity contribution in [3.8, 4) is 17.2 Å². The fourth-order valence-corrected chi connectivity index (χ4v) is 2.57. The summed E-state index contributed by atoms with van der Waals surface area (Å²) in [6.07, 6.45) is 1.49. The monoisotopic (exact) mass is 412 g/mol. The van der Waals surface area contributed by atoms with Crippen molar-refractivity contribution in [2.24, 2.45) is 0 Å². The second-order valence-corrected chi connectivity index (χ2v) is 6.13. The average molecular weight is 412 g/mol. The molecule has 158 valence electrons. The summed E-state index contributed by atoms with van der Waals surface area (Å²) in [6, 6.07) is 11.7. The number of rotatable bonds is 8. The van der Waals surface area contributed by atoms with Crippen LogP contribution in [0, 0.1) is 0 Å². The van der Waals surface area contributed by atoms with Gasteiger partial charge in [0.15, 0.2) is 11.5 Å². The number of esters is 1. The molecule has 30 heavy (non-hydrogen) atoms. The quantitative estimate of drug-likeness (QED) is 0.392. The van der Waals surface area contributed by atoms with E-state index in [2.05, 4.69) is 10.6 Å². The number of hydrogen-bond acceptors (Lipinski definition) is 6. The van der Waals surface area contributed by atoms with Crippen LogP contribution in [0.3, 0.4) is 0 Å². The van der Waals surface area contributed by atoms with E-state index in [-0.39, 0.29) is 11.4 Å². The van der Waals surface area contributed by atoms with Gasteiger partial charge in [0, 0.05) is 13.8 Å². The maximum atomic E-state index is 12.8. The smallest absolute Gasteiger partial charge is 0.308 e. The molecule has 2 amide bonds. The van der Waals surface area contributed by atoms with Gasteiger partial charge in [0.25, 0.3) is 5.91 Å². The van der Waals surface area contributed by atoms with Crippen molar-refractivity contribution >= 4 is 29.5 Å². The summed E-state index contributed by atoms with van der Waals surface area (Å²) in [4.78, 5) is 35.7. The first-order chi connectivity index (χ1) is 14.3. The molecule has 0 aliphatic carbocycles. The normalized spacial score (nSPS) is 10.7. The van der Waals surface area contributed by atoms with Gasteiger partial charge in [-0.15, -0.1) is 0 Å². The lowest BCUT2D eigenvalue weighted by molar-refractivity contribution is -0.132. The molecule has 2 N–H and O–H groups in total.